The zero-order chi connectivity index (χ0) is 14.2. The van der Waals surface area contributed by atoms with E-state index in [0.29, 0.717) is 38.5 Å². The highest BCUT2D eigenvalue weighted by molar-refractivity contribution is 5.85. The fraction of sp³-hybridized carbons (Fsp3) is 0.500. The monoisotopic (exact) mass is 318 g/mol. The molecule has 0 aliphatic carbocycles. The van der Waals surface area contributed by atoms with E-state index in [0.717, 1.165) is 6.54 Å². The van der Waals surface area contributed by atoms with Gasteiger partial charge < -0.3 is 20.1 Å². The van der Waals surface area contributed by atoms with E-state index in [1.807, 2.05) is 0 Å². The standard InChI is InChI=1S/C14H19FN2O3.ClH/c15-11-2-1-3-13(8-11)20-7-5-17-14(18)9-12-10-19-6-4-16-12;/h1-3,8,12,16H,4-7,9-10H2,(H,17,18);1H. The topological polar surface area (TPSA) is 59.6 Å². The Hall–Kier alpha value is -1.37. The fourth-order valence-electron chi connectivity index (χ4n) is 1.96. The van der Waals surface area contributed by atoms with Crippen molar-refractivity contribution in [3.63, 3.8) is 0 Å². The molecule has 0 radical (unpaired) electrons. The van der Waals surface area contributed by atoms with Gasteiger partial charge in [0.05, 0.1) is 19.8 Å². The summed E-state index contributed by atoms with van der Waals surface area (Å²) >= 11 is 0. The molecule has 118 valence electrons. The summed E-state index contributed by atoms with van der Waals surface area (Å²) in [5, 5.41) is 5.98. The Morgan fingerprint density at radius 2 is 2.38 bits per heavy atom. The van der Waals surface area contributed by atoms with Crippen molar-refractivity contribution in [3.05, 3.63) is 30.1 Å². The maximum absolute atomic E-state index is 12.9. The van der Waals surface area contributed by atoms with Gasteiger partial charge in [-0.3, -0.25) is 4.79 Å². The number of halogens is 2. The zero-order valence-electron chi connectivity index (χ0n) is 11.6. The molecule has 1 aromatic carbocycles. The summed E-state index contributed by atoms with van der Waals surface area (Å²) in [7, 11) is 0. The minimum Gasteiger partial charge on any atom is -0.492 e. The first-order chi connectivity index (χ1) is 9.74. The molecule has 7 heteroatoms. The largest absolute Gasteiger partial charge is 0.492 e. The average Bonchev–Trinajstić information content (AvgIpc) is 2.45. The van der Waals surface area contributed by atoms with Crippen LogP contribution in [0.15, 0.2) is 24.3 Å². The minimum absolute atomic E-state index is 0. The van der Waals surface area contributed by atoms with Gasteiger partial charge in [0.15, 0.2) is 0 Å². The molecule has 1 aromatic rings. The molecule has 1 saturated heterocycles. The number of carbonyl (C=O) groups excluding carboxylic acids is 1. The number of hydrogen-bond acceptors (Lipinski definition) is 4. The zero-order valence-corrected chi connectivity index (χ0v) is 12.5. The predicted octanol–water partition coefficient (Wildman–Crippen LogP) is 1.12. The van der Waals surface area contributed by atoms with Crippen LogP contribution in [0, 0.1) is 5.82 Å². The maximum Gasteiger partial charge on any atom is 0.221 e. The first kappa shape index (κ1) is 17.7. The van der Waals surface area contributed by atoms with Crippen molar-refractivity contribution < 1.29 is 18.7 Å². The molecule has 1 amide bonds. The van der Waals surface area contributed by atoms with E-state index >= 15 is 0 Å². The van der Waals surface area contributed by atoms with Crippen LogP contribution in [-0.2, 0) is 9.53 Å². The van der Waals surface area contributed by atoms with E-state index in [-0.39, 0.29) is 30.2 Å². The van der Waals surface area contributed by atoms with Crippen molar-refractivity contribution in [2.45, 2.75) is 12.5 Å². The summed E-state index contributed by atoms with van der Waals surface area (Å²) in [6.45, 7) is 2.74. The highest BCUT2D eigenvalue weighted by Gasteiger charge is 2.16. The minimum atomic E-state index is -0.338. The van der Waals surface area contributed by atoms with Crippen LogP contribution in [0.5, 0.6) is 5.75 Å². The third-order valence-corrected chi connectivity index (χ3v) is 2.92. The molecule has 1 fully saturated rings. The van der Waals surface area contributed by atoms with Crippen LogP contribution < -0.4 is 15.4 Å². The van der Waals surface area contributed by atoms with Gasteiger partial charge in [-0.1, -0.05) is 6.07 Å². The number of ether oxygens (including phenoxy) is 2. The number of hydrogen-bond donors (Lipinski definition) is 2. The molecule has 1 heterocycles. The smallest absolute Gasteiger partial charge is 0.221 e. The molecule has 2 N–H and O–H groups in total. The van der Waals surface area contributed by atoms with Gasteiger partial charge in [-0.15, -0.1) is 12.4 Å². The van der Waals surface area contributed by atoms with Gasteiger partial charge in [0.2, 0.25) is 5.91 Å². The van der Waals surface area contributed by atoms with Crippen LogP contribution in [0.4, 0.5) is 4.39 Å². The van der Waals surface area contributed by atoms with E-state index < -0.39 is 0 Å². The second-order valence-electron chi connectivity index (χ2n) is 4.59. The molecule has 5 nitrogen and oxygen atoms in total. The molecule has 0 bridgehead atoms. The number of nitrogens with one attached hydrogen (secondary N) is 2. The van der Waals surface area contributed by atoms with E-state index in [2.05, 4.69) is 10.6 Å². The van der Waals surface area contributed by atoms with E-state index in [1.165, 1.54) is 12.1 Å². The highest BCUT2D eigenvalue weighted by Crippen LogP contribution is 2.11. The Labute approximate surface area is 129 Å². The summed E-state index contributed by atoms with van der Waals surface area (Å²) in [5.41, 5.74) is 0. The molecular weight excluding hydrogens is 299 g/mol. The van der Waals surface area contributed by atoms with Crippen LogP contribution in [0.2, 0.25) is 0 Å². The van der Waals surface area contributed by atoms with E-state index in [4.69, 9.17) is 9.47 Å². The van der Waals surface area contributed by atoms with Gasteiger partial charge in [0.1, 0.15) is 18.2 Å². The Balaban J connectivity index is 0.00000220. The van der Waals surface area contributed by atoms with Gasteiger partial charge in [0.25, 0.3) is 0 Å². The van der Waals surface area contributed by atoms with Gasteiger partial charge in [0, 0.05) is 25.1 Å². The number of morpholine rings is 1. The quantitative estimate of drug-likeness (QED) is 0.772. The van der Waals surface area contributed by atoms with Gasteiger partial charge >= 0.3 is 0 Å². The summed E-state index contributed by atoms with van der Waals surface area (Å²) < 4.78 is 23.5. The highest BCUT2D eigenvalue weighted by atomic mass is 35.5. The Bertz CT molecular complexity index is 442. The molecule has 1 atom stereocenters. The molecule has 1 aliphatic rings. The fourth-order valence-corrected chi connectivity index (χ4v) is 1.96. The second-order valence-corrected chi connectivity index (χ2v) is 4.59. The Morgan fingerprint density at radius 3 is 3.10 bits per heavy atom. The average molecular weight is 319 g/mol. The van der Waals surface area contributed by atoms with Crippen molar-refractivity contribution >= 4 is 18.3 Å². The van der Waals surface area contributed by atoms with Gasteiger partial charge in [-0.2, -0.15) is 0 Å². The predicted molar refractivity (Wildman–Crippen MR) is 79.4 cm³/mol. The first-order valence-corrected chi connectivity index (χ1v) is 6.70. The molecule has 0 spiro atoms. The van der Waals surface area contributed by atoms with Crippen molar-refractivity contribution in [3.8, 4) is 5.75 Å². The third-order valence-electron chi connectivity index (χ3n) is 2.92. The molecular formula is C14H20ClFN2O3. The van der Waals surface area contributed by atoms with Crippen LogP contribution in [0.25, 0.3) is 0 Å². The SMILES string of the molecule is Cl.O=C(CC1COCCN1)NCCOc1cccc(F)c1. The number of benzene rings is 1. The van der Waals surface area contributed by atoms with Crippen LogP contribution in [0.1, 0.15) is 6.42 Å². The molecule has 1 unspecified atom stereocenters. The lowest BCUT2D eigenvalue weighted by Gasteiger charge is -2.23. The first-order valence-electron chi connectivity index (χ1n) is 6.70. The second kappa shape index (κ2) is 9.55. The van der Waals surface area contributed by atoms with Crippen molar-refractivity contribution in [2.75, 3.05) is 32.9 Å². The molecule has 1 aliphatic heterocycles. The molecule has 0 saturated carbocycles. The summed E-state index contributed by atoms with van der Waals surface area (Å²) in [5.74, 6) is 0.0762. The number of amides is 1. The van der Waals surface area contributed by atoms with Crippen LogP contribution in [0.3, 0.4) is 0 Å². The lowest BCUT2D eigenvalue weighted by atomic mass is 10.2. The van der Waals surface area contributed by atoms with Crippen LogP contribution in [-0.4, -0.2) is 44.9 Å². The molecule has 2 rings (SSSR count). The lowest BCUT2D eigenvalue weighted by molar-refractivity contribution is -0.122. The van der Waals surface area contributed by atoms with Gasteiger partial charge in [-0.05, 0) is 12.1 Å². The maximum atomic E-state index is 12.9. The lowest BCUT2D eigenvalue weighted by Crippen LogP contribution is -2.44. The molecule has 21 heavy (non-hydrogen) atoms. The Morgan fingerprint density at radius 1 is 1.52 bits per heavy atom. The van der Waals surface area contributed by atoms with E-state index in [9.17, 15) is 9.18 Å². The normalized spacial score (nSPS) is 17.7. The van der Waals surface area contributed by atoms with Crippen molar-refractivity contribution in [1.29, 1.82) is 0 Å². The number of rotatable bonds is 6. The van der Waals surface area contributed by atoms with E-state index in [1.54, 1.807) is 12.1 Å². The molecule has 0 aromatic heterocycles. The Kier molecular flexibility index (Phi) is 8.04. The number of carbonyl (C=O) groups is 1. The van der Waals surface area contributed by atoms with Crippen molar-refractivity contribution in [2.24, 2.45) is 0 Å². The van der Waals surface area contributed by atoms with Crippen LogP contribution >= 0.6 is 12.4 Å². The summed E-state index contributed by atoms with van der Waals surface area (Å²) in [6.07, 6.45) is 0.389. The van der Waals surface area contributed by atoms with Gasteiger partial charge in [-0.25, -0.2) is 4.39 Å². The summed E-state index contributed by atoms with van der Waals surface area (Å²) in [4.78, 5) is 11.7. The third kappa shape index (κ3) is 6.75. The summed E-state index contributed by atoms with van der Waals surface area (Å²) in [6, 6.07) is 6.00. The van der Waals surface area contributed by atoms with Crippen molar-refractivity contribution in [1.82, 2.24) is 10.6 Å².